The van der Waals surface area contributed by atoms with Crippen LogP contribution in [-0.2, 0) is 16.6 Å². The number of imide groups is 1. The number of carbonyl (C=O) groups is 2. The minimum Gasteiger partial charge on any atom is -0.296 e. The SMILES string of the molecule is Cc1nn(C)cc1C1CC(=O)NC(=O)C1C1CCCC1. The van der Waals surface area contributed by atoms with Gasteiger partial charge in [0, 0.05) is 31.5 Å². The van der Waals surface area contributed by atoms with E-state index in [1.807, 2.05) is 20.2 Å². The molecule has 1 saturated carbocycles. The number of hydrogen-bond acceptors (Lipinski definition) is 3. The van der Waals surface area contributed by atoms with Crippen molar-refractivity contribution in [2.45, 2.75) is 44.9 Å². The van der Waals surface area contributed by atoms with E-state index in [0.29, 0.717) is 12.3 Å². The number of amides is 2. The summed E-state index contributed by atoms with van der Waals surface area (Å²) in [5.41, 5.74) is 2.00. The van der Waals surface area contributed by atoms with Gasteiger partial charge in [-0.1, -0.05) is 12.8 Å². The molecule has 2 fully saturated rings. The molecule has 0 radical (unpaired) electrons. The lowest BCUT2D eigenvalue weighted by Crippen LogP contribution is -2.47. The van der Waals surface area contributed by atoms with Gasteiger partial charge in [-0.05, 0) is 31.2 Å². The Morgan fingerprint density at radius 2 is 2.00 bits per heavy atom. The molecule has 0 aromatic carbocycles. The van der Waals surface area contributed by atoms with Crippen LogP contribution >= 0.6 is 0 Å². The van der Waals surface area contributed by atoms with Crippen LogP contribution in [0.5, 0.6) is 0 Å². The fourth-order valence-corrected chi connectivity index (χ4v) is 3.93. The number of rotatable bonds is 2. The van der Waals surface area contributed by atoms with Crippen molar-refractivity contribution in [3.05, 3.63) is 17.5 Å². The van der Waals surface area contributed by atoms with Gasteiger partial charge in [-0.25, -0.2) is 0 Å². The molecule has 108 valence electrons. The normalized spacial score (nSPS) is 27.9. The van der Waals surface area contributed by atoms with Gasteiger partial charge in [-0.2, -0.15) is 5.10 Å². The van der Waals surface area contributed by atoms with E-state index >= 15 is 0 Å². The Labute approximate surface area is 118 Å². The van der Waals surface area contributed by atoms with Gasteiger partial charge in [0.2, 0.25) is 11.8 Å². The third-order valence-electron chi connectivity index (χ3n) is 4.76. The van der Waals surface area contributed by atoms with Crippen molar-refractivity contribution in [1.82, 2.24) is 15.1 Å². The first kappa shape index (κ1) is 13.3. The molecule has 2 heterocycles. The molecule has 20 heavy (non-hydrogen) atoms. The predicted octanol–water partition coefficient (Wildman–Crippen LogP) is 1.67. The first-order valence-corrected chi connectivity index (χ1v) is 7.40. The van der Waals surface area contributed by atoms with Crippen LogP contribution in [-0.4, -0.2) is 21.6 Å². The van der Waals surface area contributed by atoms with E-state index in [1.54, 1.807) is 4.68 Å². The number of nitrogens with zero attached hydrogens (tertiary/aromatic N) is 2. The summed E-state index contributed by atoms with van der Waals surface area (Å²) in [6, 6.07) is 0. The highest BCUT2D eigenvalue weighted by atomic mass is 16.2. The smallest absolute Gasteiger partial charge is 0.230 e. The van der Waals surface area contributed by atoms with Crippen molar-refractivity contribution < 1.29 is 9.59 Å². The Bertz CT molecular complexity index is 543. The van der Waals surface area contributed by atoms with Crippen molar-refractivity contribution in [2.75, 3.05) is 0 Å². The van der Waals surface area contributed by atoms with Crippen LogP contribution in [0.4, 0.5) is 0 Å². The van der Waals surface area contributed by atoms with Gasteiger partial charge >= 0.3 is 0 Å². The third kappa shape index (κ3) is 2.25. The Hall–Kier alpha value is -1.65. The van der Waals surface area contributed by atoms with E-state index in [1.165, 1.54) is 12.8 Å². The third-order valence-corrected chi connectivity index (χ3v) is 4.76. The molecular weight excluding hydrogens is 254 g/mol. The Kier molecular flexibility index (Phi) is 3.36. The van der Waals surface area contributed by atoms with Gasteiger partial charge in [0.15, 0.2) is 0 Å². The lowest BCUT2D eigenvalue weighted by atomic mass is 9.73. The summed E-state index contributed by atoms with van der Waals surface area (Å²) in [6.07, 6.45) is 6.96. The second-order valence-electron chi connectivity index (χ2n) is 6.14. The standard InChI is InChI=1S/C15H21N3O2/c1-9-12(8-18(2)17-9)11-7-13(19)16-15(20)14(11)10-5-3-4-6-10/h8,10-11,14H,3-7H2,1-2H3,(H,16,19,20). The number of aryl methyl sites for hydroxylation is 2. The molecule has 0 bridgehead atoms. The quantitative estimate of drug-likeness (QED) is 0.835. The molecule has 2 unspecified atom stereocenters. The first-order chi connectivity index (χ1) is 9.56. The van der Waals surface area contributed by atoms with Crippen LogP contribution in [0.25, 0.3) is 0 Å². The van der Waals surface area contributed by atoms with Crippen molar-refractivity contribution in [1.29, 1.82) is 0 Å². The molecule has 2 aliphatic rings. The number of nitrogens with one attached hydrogen (secondary N) is 1. The molecule has 1 aromatic rings. The summed E-state index contributed by atoms with van der Waals surface area (Å²) in [6.45, 7) is 1.96. The molecule has 2 amide bonds. The average molecular weight is 275 g/mol. The van der Waals surface area contributed by atoms with Crippen LogP contribution < -0.4 is 5.32 Å². The minimum atomic E-state index is -0.155. The molecule has 1 aromatic heterocycles. The molecule has 0 spiro atoms. The maximum Gasteiger partial charge on any atom is 0.230 e. The molecule has 5 heteroatoms. The summed E-state index contributed by atoms with van der Waals surface area (Å²) in [7, 11) is 1.88. The lowest BCUT2D eigenvalue weighted by molar-refractivity contribution is -0.138. The topological polar surface area (TPSA) is 64.0 Å². The molecule has 1 N–H and O–H groups in total. The van der Waals surface area contributed by atoms with Gasteiger partial charge in [-0.15, -0.1) is 0 Å². The zero-order chi connectivity index (χ0) is 14.3. The Balaban J connectivity index is 1.96. The van der Waals surface area contributed by atoms with Gasteiger partial charge < -0.3 is 0 Å². The molecule has 3 rings (SSSR count). The van der Waals surface area contributed by atoms with Gasteiger partial charge in [0.1, 0.15) is 0 Å². The van der Waals surface area contributed by atoms with E-state index in [4.69, 9.17) is 0 Å². The van der Waals surface area contributed by atoms with Gasteiger partial charge in [0.25, 0.3) is 0 Å². The molecule has 2 atom stereocenters. The number of piperidine rings is 1. The maximum absolute atomic E-state index is 12.3. The molecular formula is C15H21N3O2. The summed E-state index contributed by atoms with van der Waals surface area (Å²) < 4.78 is 1.77. The van der Waals surface area contributed by atoms with Crippen molar-refractivity contribution in [2.24, 2.45) is 18.9 Å². The van der Waals surface area contributed by atoms with Crippen molar-refractivity contribution >= 4 is 11.8 Å². The second-order valence-corrected chi connectivity index (χ2v) is 6.14. The van der Waals surface area contributed by atoms with Gasteiger partial charge in [0.05, 0.1) is 5.69 Å². The van der Waals surface area contributed by atoms with Crippen molar-refractivity contribution in [3.8, 4) is 0 Å². The molecule has 5 nitrogen and oxygen atoms in total. The maximum atomic E-state index is 12.3. The second kappa shape index (κ2) is 5.04. The fraction of sp³-hybridized carbons (Fsp3) is 0.667. The zero-order valence-electron chi connectivity index (χ0n) is 12.1. The summed E-state index contributed by atoms with van der Waals surface area (Å²) in [4.78, 5) is 24.1. The van der Waals surface area contributed by atoms with E-state index in [0.717, 1.165) is 24.1 Å². The largest absolute Gasteiger partial charge is 0.296 e. The van der Waals surface area contributed by atoms with E-state index in [9.17, 15) is 9.59 Å². The number of carbonyl (C=O) groups excluding carboxylic acids is 2. The lowest BCUT2D eigenvalue weighted by Gasteiger charge is -2.33. The Morgan fingerprint density at radius 1 is 1.30 bits per heavy atom. The van der Waals surface area contributed by atoms with Crippen LogP contribution in [0, 0.1) is 18.8 Å². The highest BCUT2D eigenvalue weighted by Crippen LogP contribution is 2.43. The van der Waals surface area contributed by atoms with Crippen molar-refractivity contribution in [3.63, 3.8) is 0 Å². The van der Waals surface area contributed by atoms with E-state index < -0.39 is 0 Å². The molecule has 1 aliphatic carbocycles. The number of aromatic nitrogens is 2. The summed E-state index contributed by atoms with van der Waals surface area (Å²) >= 11 is 0. The van der Waals surface area contributed by atoms with Crippen LogP contribution in [0.3, 0.4) is 0 Å². The molecule has 1 aliphatic heterocycles. The zero-order valence-corrected chi connectivity index (χ0v) is 12.1. The Morgan fingerprint density at radius 3 is 2.60 bits per heavy atom. The first-order valence-electron chi connectivity index (χ1n) is 7.40. The molecule has 1 saturated heterocycles. The number of hydrogen-bond donors (Lipinski definition) is 1. The highest BCUT2D eigenvalue weighted by molar-refractivity contribution is 6.00. The van der Waals surface area contributed by atoms with E-state index in [2.05, 4.69) is 10.4 Å². The van der Waals surface area contributed by atoms with Crippen LogP contribution in [0.2, 0.25) is 0 Å². The van der Waals surface area contributed by atoms with Crippen LogP contribution in [0.15, 0.2) is 6.20 Å². The summed E-state index contributed by atoms with van der Waals surface area (Å²) in [5.74, 6) is 0.0951. The predicted molar refractivity (Wildman–Crippen MR) is 73.9 cm³/mol. The minimum absolute atomic E-state index is 0.00644. The highest BCUT2D eigenvalue weighted by Gasteiger charge is 2.43. The average Bonchev–Trinajstić information content (AvgIpc) is 2.98. The monoisotopic (exact) mass is 275 g/mol. The van der Waals surface area contributed by atoms with Gasteiger partial charge in [-0.3, -0.25) is 19.6 Å². The fourth-order valence-electron chi connectivity index (χ4n) is 3.93. The summed E-state index contributed by atoms with van der Waals surface area (Å²) in [5, 5.41) is 6.90. The van der Waals surface area contributed by atoms with E-state index in [-0.39, 0.29) is 23.7 Å². The van der Waals surface area contributed by atoms with Crippen LogP contribution in [0.1, 0.15) is 49.3 Å².